The van der Waals surface area contributed by atoms with Crippen molar-refractivity contribution in [2.24, 2.45) is 0 Å². The Labute approximate surface area is 91.1 Å². The first kappa shape index (κ1) is 11.7. The van der Waals surface area contributed by atoms with Crippen molar-refractivity contribution in [2.45, 2.75) is 20.0 Å². The average Bonchev–Trinajstić information content (AvgIpc) is 2.26. The van der Waals surface area contributed by atoms with Crippen LogP contribution in [0.3, 0.4) is 0 Å². The monoisotopic (exact) mass is 206 g/mol. The summed E-state index contributed by atoms with van der Waals surface area (Å²) < 4.78 is 0. The summed E-state index contributed by atoms with van der Waals surface area (Å²) in [5.74, 6) is 0.843. The Morgan fingerprint density at radius 3 is 2.93 bits per heavy atom. The number of hydrogen-bond acceptors (Lipinski definition) is 3. The van der Waals surface area contributed by atoms with Crippen LogP contribution >= 0.6 is 0 Å². The first-order chi connectivity index (χ1) is 7.20. The lowest BCUT2D eigenvalue weighted by molar-refractivity contribution is 0.199. The van der Waals surface area contributed by atoms with E-state index in [1.54, 1.807) is 13.1 Å². The van der Waals surface area contributed by atoms with Gasteiger partial charge in [-0.05, 0) is 19.9 Å². The van der Waals surface area contributed by atoms with Crippen LogP contribution in [0.5, 0.6) is 0 Å². The Morgan fingerprint density at radius 1 is 1.67 bits per heavy atom. The van der Waals surface area contributed by atoms with Gasteiger partial charge in [0, 0.05) is 24.8 Å². The third-order valence-corrected chi connectivity index (χ3v) is 2.30. The molecule has 0 saturated heterocycles. The molecule has 0 bridgehead atoms. The second kappa shape index (κ2) is 5.51. The molecular weight excluding hydrogens is 188 g/mol. The van der Waals surface area contributed by atoms with E-state index in [-0.39, 0.29) is 0 Å². The average molecular weight is 206 g/mol. The molecule has 0 aliphatic heterocycles. The van der Waals surface area contributed by atoms with Crippen LogP contribution in [-0.4, -0.2) is 23.2 Å². The number of hydrogen-bond donors (Lipinski definition) is 1. The van der Waals surface area contributed by atoms with Gasteiger partial charge in [0.1, 0.15) is 5.82 Å². The van der Waals surface area contributed by atoms with Gasteiger partial charge in [0.05, 0.1) is 6.10 Å². The van der Waals surface area contributed by atoms with Crippen molar-refractivity contribution in [3.63, 3.8) is 0 Å². The van der Waals surface area contributed by atoms with Gasteiger partial charge in [-0.3, -0.25) is 0 Å². The molecule has 1 aromatic heterocycles. The van der Waals surface area contributed by atoms with Crippen molar-refractivity contribution >= 4 is 5.82 Å². The molecule has 3 heteroatoms. The van der Waals surface area contributed by atoms with Crippen molar-refractivity contribution in [2.75, 3.05) is 18.0 Å². The van der Waals surface area contributed by atoms with Gasteiger partial charge < -0.3 is 10.0 Å². The molecular formula is C12H18N2O. The molecule has 0 radical (unpaired) electrons. The molecule has 0 aromatic carbocycles. The van der Waals surface area contributed by atoms with Gasteiger partial charge in [0.25, 0.3) is 0 Å². The molecule has 0 aliphatic carbocycles. The summed E-state index contributed by atoms with van der Waals surface area (Å²) in [4.78, 5) is 6.39. The number of aliphatic hydroxyl groups is 1. The van der Waals surface area contributed by atoms with Gasteiger partial charge in [-0.25, -0.2) is 4.98 Å². The summed E-state index contributed by atoms with van der Waals surface area (Å²) in [6.45, 7) is 9.12. The molecule has 0 saturated carbocycles. The lowest BCUT2D eigenvalue weighted by Crippen LogP contribution is -2.25. The molecule has 0 amide bonds. The van der Waals surface area contributed by atoms with Gasteiger partial charge in [0.2, 0.25) is 0 Å². The zero-order valence-electron chi connectivity index (χ0n) is 9.35. The third kappa shape index (κ3) is 2.80. The minimum Gasteiger partial charge on any atom is -0.389 e. The quantitative estimate of drug-likeness (QED) is 0.750. The number of anilines is 1. The van der Waals surface area contributed by atoms with Crippen LogP contribution in [0.1, 0.15) is 25.5 Å². The fourth-order valence-electron chi connectivity index (χ4n) is 1.52. The third-order valence-electron chi connectivity index (χ3n) is 2.30. The molecule has 0 spiro atoms. The number of likely N-dealkylation sites (N-methyl/N-ethyl adjacent to an activating group) is 1. The smallest absolute Gasteiger partial charge is 0.134 e. The van der Waals surface area contributed by atoms with Crippen molar-refractivity contribution in [3.8, 4) is 0 Å². The predicted octanol–water partition coefficient (Wildman–Crippen LogP) is 2.15. The fourth-order valence-corrected chi connectivity index (χ4v) is 1.52. The Bertz CT molecular complexity index is 323. The van der Waals surface area contributed by atoms with Gasteiger partial charge in [-0.1, -0.05) is 12.1 Å². The Morgan fingerprint density at radius 2 is 2.40 bits per heavy atom. The van der Waals surface area contributed by atoms with Crippen molar-refractivity contribution < 1.29 is 5.11 Å². The molecule has 1 atom stereocenters. The van der Waals surface area contributed by atoms with Gasteiger partial charge >= 0.3 is 0 Å². The van der Waals surface area contributed by atoms with Crippen LogP contribution in [0.15, 0.2) is 31.0 Å². The van der Waals surface area contributed by atoms with Crippen LogP contribution in [-0.2, 0) is 0 Å². The van der Waals surface area contributed by atoms with Crippen LogP contribution in [0.2, 0.25) is 0 Å². The van der Waals surface area contributed by atoms with Crippen molar-refractivity contribution in [1.29, 1.82) is 0 Å². The Balaban J connectivity index is 3.04. The second-order valence-electron chi connectivity index (χ2n) is 3.42. The SMILES string of the molecule is C=CCN(CC)c1ncccc1[C@@H](C)O. The summed E-state index contributed by atoms with van der Waals surface area (Å²) in [7, 11) is 0. The van der Waals surface area contributed by atoms with Crippen LogP contribution < -0.4 is 4.90 Å². The van der Waals surface area contributed by atoms with Crippen LogP contribution in [0.25, 0.3) is 0 Å². The van der Waals surface area contributed by atoms with E-state index in [1.165, 1.54) is 0 Å². The lowest BCUT2D eigenvalue weighted by atomic mass is 10.1. The summed E-state index contributed by atoms with van der Waals surface area (Å²) in [5.41, 5.74) is 0.862. The number of aromatic nitrogens is 1. The highest BCUT2D eigenvalue weighted by Crippen LogP contribution is 2.23. The molecule has 0 unspecified atom stereocenters. The molecule has 1 N–H and O–H groups in total. The van der Waals surface area contributed by atoms with Gasteiger partial charge in [-0.2, -0.15) is 0 Å². The molecule has 15 heavy (non-hydrogen) atoms. The van der Waals surface area contributed by atoms with E-state index < -0.39 is 6.10 Å². The number of rotatable bonds is 5. The van der Waals surface area contributed by atoms with E-state index >= 15 is 0 Å². The number of nitrogens with zero attached hydrogens (tertiary/aromatic N) is 2. The van der Waals surface area contributed by atoms with E-state index in [1.807, 2.05) is 18.2 Å². The summed E-state index contributed by atoms with van der Waals surface area (Å²) >= 11 is 0. The summed E-state index contributed by atoms with van der Waals surface area (Å²) in [6.07, 6.45) is 3.09. The van der Waals surface area contributed by atoms with Crippen LogP contribution in [0, 0.1) is 0 Å². The molecule has 1 heterocycles. The summed E-state index contributed by atoms with van der Waals surface area (Å²) in [6, 6.07) is 3.74. The normalized spacial score (nSPS) is 12.2. The molecule has 0 aliphatic rings. The summed E-state index contributed by atoms with van der Waals surface area (Å²) in [5, 5.41) is 9.62. The maximum atomic E-state index is 9.62. The van der Waals surface area contributed by atoms with E-state index in [0.29, 0.717) is 0 Å². The first-order valence-corrected chi connectivity index (χ1v) is 5.19. The van der Waals surface area contributed by atoms with E-state index in [9.17, 15) is 5.11 Å². The van der Waals surface area contributed by atoms with E-state index in [2.05, 4.69) is 23.4 Å². The maximum Gasteiger partial charge on any atom is 0.134 e. The highest BCUT2D eigenvalue weighted by atomic mass is 16.3. The highest BCUT2D eigenvalue weighted by Gasteiger charge is 2.12. The van der Waals surface area contributed by atoms with E-state index in [4.69, 9.17) is 0 Å². The maximum absolute atomic E-state index is 9.62. The predicted molar refractivity (Wildman–Crippen MR) is 63.0 cm³/mol. The molecule has 0 fully saturated rings. The zero-order chi connectivity index (χ0) is 11.3. The second-order valence-corrected chi connectivity index (χ2v) is 3.42. The molecule has 1 rings (SSSR count). The Hall–Kier alpha value is -1.35. The zero-order valence-corrected chi connectivity index (χ0v) is 9.35. The lowest BCUT2D eigenvalue weighted by Gasteiger charge is -2.23. The first-order valence-electron chi connectivity index (χ1n) is 5.19. The minimum atomic E-state index is -0.493. The molecule has 1 aromatic rings. The van der Waals surface area contributed by atoms with Crippen LogP contribution in [0.4, 0.5) is 5.82 Å². The van der Waals surface area contributed by atoms with Crippen molar-refractivity contribution in [3.05, 3.63) is 36.5 Å². The topological polar surface area (TPSA) is 36.4 Å². The molecule has 3 nitrogen and oxygen atoms in total. The number of pyridine rings is 1. The standard InChI is InChI=1S/C12H18N2O/c1-4-9-14(5-2)12-11(10(3)15)7-6-8-13-12/h4,6-8,10,15H,1,5,9H2,2-3H3/t10-/m1/s1. The Kier molecular flexibility index (Phi) is 4.31. The highest BCUT2D eigenvalue weighted by molar-refractivity contribution is 5.48. The minimum absolute atomic E-state index is 0.493. The van der Waals surface area contributed by atoms with Gasteiger partial charge in [-0.15, -0.1) is 6.58 Å². The fraction of sp³-hybridized carbons (Fsp3) is 0.417. The molecule has 82 valence electrons. The van der Waals surface area contributed by atoms with Gasteiger partial charge in [0.15, 0.2) is 0 Å². The largest absolute Gasteiger partial charge is 0.389 e. The van der Waals surface area contributed by atoms with Crippen molar-refractivity contribution in [1.82, 2.24) is 4.98 Å². The number of aliphatic hydroxyl groups excluding tert-OH is 1. The van der Waals surface area contributed by atoms with E-state index in [0.717, 1.165) is 24.5 Å².